The molecule has 0 saturated carbocycles. The Morgan fingerprint density at radius 2 is 1.81 bits per heavy atom. The third kappa shape index (κ3) is 4.56. The maximum Gasteiger partial charge on any atom is 0.295 e. The second-order valence-electron chi connectivity index (χ2n) is 7.05. The molecular formula is C24H27NO6. The molecule has 1 heterocycles. The molecule has 1 aliphatic rings. The number of carbonyl (C=O) groups is 2. The monoisotopic (exact) mass is 425 g/mol. The van der Waals surface area contributed by atoms with Crippen LogP contribution in [0, 0.1) is 0 Å². The fraction of sp³-hybridized carbons (Fsp3) is 0.333. The van der Waals surface area contributed by atoms with Gasteiger partial charge >= 0.3 is 0 Å². The molecule has 3 rings (SSSR count). The number of hydrogen-bond donors (Lipinski definition) is 1. The molecule has 31 heavy (non-hydrogen) atoms. The lowest BCUT2D eigenvalue weighted by Crippen LogP contribution is -2.31. The van der Waals surface area contributed by atoms with Crippen LogP contribution >= 0.6 is 0 Å². The van der Waals surface area contributed by atoms with E-state index < -0.39 is 17.7 Å². The maximum absolute atomic E-state index is 13.0. The molecule has 2 aromatic rings. The summed E-state index contributed by atoms with van der Waals surface area (Å²) in [6.45, 7) is 3.10. The van der Waals surface area contributed by atoms with Crippen LogP contribution in [0.15, 0.2) is 54.1 Å². The highest BCUT2D eigenvalue weighted by Gasteiger charge is 2.46. The second-order valence-corrected chi connectivity index (χ2v) is 7.05. The van der Waals surface area contributed by atoms with Crippen molar-refractivity contribution in [2.75, 3.05) is 34.0 Å². The Labute approximate surface area is 181 Å². The van der Waals surface area contributed by atoms with Gasteiger partial charge < -0.3 is 24.2 Å². The van der Waals surface area contributed by atoms with Crippen LogP contribution in [0.2, 0.25) is 0 Å². The molecule has 0 spiro atoms. The molecule has 1 saturated heterocycles. The van der Waals surface area contributed by atoms with E-state index in [1.807, 2.05) is 13.0 Å². The molecule has 2 aromatic carbocycles. The van der Waals surface area contributed by atoms with Crippen molar-refractivity contribution in [3.05, 3.63) is 65.2 Å². The van der Waals surface area contributed by atoms with Gasteiger partial charge in [-0.3, -0.25) is 9.59 Å². The average molecular weight is 425 g/mol. The Hall–Kier alpha value is -3.32. The van der Waals surface area contributed by atoms with Gasteiger partial charge in [-0.2, -0.15) is 0 Å². The van der Waals surface area contributed by atoms with Crippen LogP contribution in [0.3, 0.4) is 0 Å². The quantitative estimate of drug-likeness (QED) is 0.286. The van der Waals surface area contributed by atoms with Gasteiger partial charge in [0.2, 0.25) is 0 Å². The first-order chi connectivity index (χ1) is 15.0. The van der Waals surface area contributed by atoms with E-state index in [0.29, 0.717) is 48.8 Å². The van der Waals surface area contributed by atoms with Gasteiger partial charge in [0.05, 0.1) is 25.3 Å². The van der Waals surface area contributed by atoms with Gasteiger partial charge in [-0.05, 0) is 31.0 Å². The smallest absolute Gasteiger partial charge is 0.295 e. The molecule has 0 radical (unpaired) electrons. The summed E-state index contributed by atoms with van der Waals surface area (Å²) in [5.74, 6) is -0.510. The molecule has 0 aliphatic carbocycles. The van der Waals surface area contributed by atoms with Gasteiger partial charge in [0.1, 0.15) is 5.76 Å². The molecule has 1 unspecified atom stereocenters. The SMILES string of the molecule is CCOc1ccc(C2/C(=C(\O)c3ccccc3)C(=O)C(=O)N2CCCOC)cc1OC. The van der Waals surface area contributed by atoms with Crippen molar-refractivity contribution in [3.63, 3.8) is 0 Å². The molecule has 7 nitrogen and oxygen atoms in total. The fourth-order valence-corrected chi connectivity index (χ4v) is 3.72. The largest absolute Gasteiger partial charge is 0.507 e. The number of carbonyl (C=O) groups excluding carboxylic acids is 2. The van der Waals surface area contributed by atoms with Crippen molar-refractivity contribution in [3.8, 4) is 11.5 Å². The average Bonchev–Trinajstić information content (AvgIpc) is 3.05. The van der Waals surface area contributed by atoms with E-state index in [4.69, 9.17) is 14.2 Å². The number of amides is 1. The standard InChI is InChI=1S/C24H27NO6/c1-4-31-18-12-11-17(15-19(18)30-3)21-20(22(26)16-9-6-5-7-10-16)23(27)24(28)25(21)13-8-14-29-2/h5-7,9-12,15,21,26H,4,8,13-14H2,1-3H3/b22-20+. The highest BCUT2D eigenvalue weighted by Crippen LogP contribution is 2.42. The Bertz CT molecular complexity index is 969. The van der Waals surface area contributed by atoms with E-state index in [0.717, 1.165) is 0 Å². The van der Waals surface area contributed by atoms with Crippen LogP contribution in [-0.2, 0) is 14.3 Å². The molecular weight excluding hydrogens is 398 g/mol. The number of likely N-dealkylation sites (tertiary alicyclic amines) is 1. The van der Waals surface area contributed by atoms with Crippen molar-refractivity contribution >= 4 is 17.4 Å². The summed E-state index contributed by atoms with van der Waals surface area (Å²) >= 11 is 0. The lowest BCUT2D eigenvalue weighted by molar-refractivity contribution is -0.140. The Morgan fingerprint density at radius 3 is 2.45 bits per heavy atom. The van der Waals surface area contributed by atoms with E-state index in [9.17, 15) is 14.7 Å². The normalized spacial score (nSPS) is 17.8. The Balaban J connectivity index is 2.13. The molecule has 1 aliphatic heterocycles. The summed E-state index contributed by atoms with van der Waals surface area (Å²) < 4.78 is 16.1. The fourth-order valence-electron chi connectivity index (χ4n) is 3.72. The van der Waals surface area contributed by atoms with Crippen LogP contribution in [-0.4, -0.2) is 55.7 Å². The third-order valence-electron chi connectivity index (χ3n) is 5.14. The van der Waals surface area contributed by atoms with Crippen LogP contribution in [0.25, 0.3) is 5.76 Å². The number of nitrogens with zero attached hydrogens (tertiary/aromatic N) is 1. The van der Waals surface area contributed by atoms with Gasteiger partial charge in [-0.1, -0.05) is 36.4 Å². The number of ether oxygens (including phenoxy) is 3. The van der Waals surface area contributed by atoms with Crippen molar-refractivity contribution in [2.45, 2.75) is 19.4 Å². The number of Topliss-reactive ketones (excluding diaryl/α,β-unsaturated/α-hetero) is 1. The van der Waals surface area contributed by atoms with Crippen LogP contribution in [0.1, 0.15) is 30.5 Å². The van der Waals surface area contributed by atoms with Gasteiger partial charge in [-0.15, -0.1) is 0 Å². The number of rotatable bonds is 9. The predicted molar refractivity (Wildman–Crippen MR) is 116 cm³/mol. The lowest BCUT2D eigenvalue weighted by atomic mass is 9.95. The highest BCUT2D eigenvalue weighted by molar-refractivity contribution is 6.46. The van der Waals surface area contributed by atoms with E-state index in [-0.39, 0.29) is 11.3 Å². The van der Waals surface area contributed by atoms with Crippen molar-refractivity contribution in [1.82, 2.24) is 4.90 Å². The van der Waals surface area contributed by atoms with E-state index >= 15 is 0 Å². The van der Waals surface area contributed by atoms with E-state index in [1.54, 1.807) is 49.6 Å². The van der Waals surface area contributed by atoms with Crippen molar-refractivity contribution in [1.29, 1.82) is 0 Å². The summed E-state index contributed by atoms with van der Waals surface area (Å²) in [5, 5.41) is 11.0. The molecule has 1 N–H and O–H groups in total. The Morgan fingerprint density at radius 1 is 1.06 bits per heavy atom. The number of methoxy groups -OCH3 is 2. The van der Waals surface area contributed by atoms with Crippen LogP contribution in [0.5, 0.6) is 11.5 Å². The minimum absolute atomic E-state index is 0.0554. The molecule has 0 aromatic heterocycles. The Kier molecular flexibility index (Phi) is 7.31. The number of aliphatic hydroxyl groups excluding tert-OH is 1. The third-order valence-corrected chi connectivity index (χ3v) is 5.14. The van der Waals surface area contributed by atoms with Gasteiger partial charge in [0.15, 0.2) is 11.5 Å². The highest BCUT2D eigenvalue weighted by atomic mass is 16.5. The van der Waals surface area contributed by atoms with E-state index in [2.05, 4.69) is 0 Å². The molecule has 1 fully saturated rings. The maximum atomic E-state index is 13.0. The van der Waals surface area contributed by atoms with Crippen LogP contribution in [0.4, 0.5) is 0 Å². The van der Waals surface area contributed by atoms with Gasteiger partial charge in [0.25, 0.3) is 11.7 Å². The zero-order chi connectivity index (χ0) is 22.4. The molecule has 1 amide bonds. The molecule has 0 bridgehead atoms. The van der Waals surface area contributed by atoms with Crippen LogP contribution < -0.4 is 9.47 Å². The van der Waals surface area contributed by atoms with Crippen molar-refractivity contribution in [2.24, 2.45) is 0 Å². The number of hydrogen-bond acceptors (Lipinski definition) is 6. The zero-order valence-corrected chi connectivity index (χ0v) is 18.0. The first-order valence-electron chi connectivity index (χ1n) is 10.2. The van der Waals surface area contributed by atoms with Crippen molar-refractivity contribution < 1.29 is 28.9 Å². The summed E-state index contributed by atoms with van der Waals surface area (Å²) in [6, 6.07) is 13.3. The molecule has 164 valence electrons. The molecule has 7 heteroatoms. The van der Waals surface area contributed by atoms with Gasteiger partial charge in [-0.25, -0.2) is 0 Å². The number of benzene rings is 2. The minimum atomic E-state index is -0.748. The summed E-state index contributed by atoms with van der Waals surface area (Å²) in [6.07, 6.45) is 0.555. The first-order valence-corrected chi connectivity index (χ1v) is 10.2. The lowest BCUT2D eigenvalue weighted by Gasteiger charge is -2.26. The summed E-state index contributed by atoms with van der Waals surface area (Å²) in [4.78, 5) is 27.3. The number of aliphatic hydroxyl groups is 1. The predicted octanol–water partition coefficient (Wildman–Crippen LogP) is 3.55. The zero-order valence-electron chi connectivity index (χ0n) is 18.0. The topological polar surface area (TPSA) is 85.3 Å². The minimum Gasteiger partial charge on any atom is -0.507 e. The number of ketones is 1. The van der Waals surface area contributed by atoms with E-state index in [1.165, 1.54) is 12.0 Å². The first kappa shape index (κ1) is 22.4. The van der Waals surface area contributed by atoms with Gasteiger partial charge in [0, 0.05) is 25.8 Å². The molecule has 1 atom stereocenters. The summed E-state index contributed by atoms with van der Waals surface area (Å²) in [7, 11) is 3.11. The second kappa shape index (κ2) is 10.1. The summed E-state index contributed by atoms with van der Waals surface area (Å²) in [5.41, 5.74) is 1.18.